The number of carbonyl (C=O) groups excluding carboxylic acids is 2. The SMILES string of the molecule is O=C(/C=C/c1ccc(CNC2(C(=O)OC3CCCC3)CCC2)cn1)NO. The molecule has 0 bridgehead atoms. The third kappa shape index (κ3) is 4.47. The number of hydrogen-bond acceptors (Lipinski definition) is 6. The number of pyridine rings is 1. The summed E-state index contributed by atoms with van der Waals surface area (Å²) in [5.74, 6) is -0.719. The molecule has 0 radical (unpaired) electrons. The molecule has 2 saturated carbocycles. The van der Waals surface area contributed by atoms with Gasteiger partial charge in [-0.05, 0) is 62.7 Å². The Morgan fingerprint density at radius 1 is 1.27 bits per heavy atom. The highest BCUT2D eigenvalue weighted by Crippen LogP contribution is 2.35. The molecule has 140 valence electrons. The van der Waals surface area contributed by atoms with Crippen molar-refractivity contribution in [1.29, 1.82) is 0 Å². The van der Waals surface area contributed by atoms with Gasteiger partial charge in [0, 0.05) is 18.8 Å². The van der Waals surface area contributed by atoms with Crippen molar-refractivity contribution < 1.29 is 19.5 Å². The second-order valence-corrected chi connectivity index (χ2v) is 7.00. The molecule has 1 aromatic heterocycles. The fourth-order valence-corrected chi connectivity index (χ4v) is 3.36. The van der Waals surface area contributed by atoms with Gasteiger partial charge in [-0.2, -0.15) is 0 Å². The van der Waals surface area contributed by atoms with Gasteiger partial charge >= 0.3 is 5.97 Å². The number of nitrogens with one attached hydrogen (secondary N) is 2. The molecule has 2 fully saturated rings. The van der Waals surface area contributed by atoms with Gasteiger partial charge < -0.3 is 4.74 Å². The predicted octanol–water partition coefficient (Wildman–Crippen LogP) is 2.10. The summed E-state index contributed by atoms with van der Waals surface area (Å²) in [5.41, 5.74) is 2.53. The zero-order chi connectivity index (χ0) is 18.4. The molecule has 0 aromatic carbocycles. The molecule has 0 saturated heterocycles. The van der Waals surface area contributed by atoms with Crippen molar-refractivity contribution in [3.63, 3.8) is 0 Å². The van der Waals surface area contributed by atoms with E-state index in [9.17, 15) is 9.59 Å². The zero-order valence-corrected chi connectivity index (χ0v) is 14.7. The monoisotopic (exact) mass is 359 g/mol. The first-order chi connectivity index (χ1) is 12.6. The number of esters is 1. The predicted molar refractivity (Wildman–Crippen MR) is 95.0 cm³/mol. The summed E-state index contributed by atoms with van der Waals surface area (Å²) in [6.07, 6.45) is 11.4. The highest BCUT2D eigenvalue weighted by atomic mass is 16.5. The Morgan fingerprint density at radius 3 is 2.62 bits per heavy atom. The van der Waals surface area contributed by atoms with Crippen LogP contribution in [0.25, 0.3) is 6.08 Å². The number of ether oxygens (including phenoxy) is 1. The average Bonchev–Trinajstić information content (AvgIpc) is 3.12. The number of hydrogen-bond donors (Lipinski definition) is 3. The smallest absolute Gasteiger partial charge is 0.326 e. The highest BCUT2D eigenvalue weighted by Gasteiger charge is 2.46. The van der Waals surface area contributed by atoms with Crippen LogP contribution in [0.15, 0.2) is 24.4 Å². The van der Waals surface area contributed by atoms with Gasteiger partial charge in [-0.25, -0.2) is 5.48 Å². The summed E-state index contributed by atoms with van der Waals surface area (Å²) in [6, 6.07) is 3.67. The molecule has 0 atom stereocenters. The summed E-state index contributed by atoms with van der Waals surface area (Å²) in [7, 11) is 0. The maximum atomic E-state index is 12.6. The van der Waals surface area contributed by atoms with E-state index in [4.69, 9.17) is 9.94 Å². The van der Waals surface area contributed by atoms with Crippen LogP contribution >= 0.6 is 0 Å². The number of amides is 1. The lowest BCUT2D eigenvalue weighted by molar-refractivity contribution is -0.161. The molecule has 1 amide bonds. The van der Waals surface area contributed by atoms with E-state index in [1.807, 2.05) is 6.07 Å². The van der Waals surface area contributed by atoms with Gasteiger partial charge in [0.05, 0.1) is 5.69 Å². The van der Waals surface area contributed by atoms with Crippen LogP contribution in [0.5, 0.6) is 0 Å². The molecule has 2 aliphatic rings. The zero-order valence-electron chi connectivity index (χ0n) is 14.7. The molecule has 0 unspecified atom stereocenters. The average molecular weight is 359 g/mol. The van der Waals surface area contributed by atoms with Crippen LogP contribution in [-0.4, -0.2) is 33.7 Å². The Hall–Kier alpha value is -2.25. The van der Waals surface area contributed by atoms with E-state index in [2.05, 4.69) is 10.3 Å². The van der Waals surface area contributed by atoms with Gasteiger partial charge in [-0.3, -0.25) is 25.1 Å². The number of hydroxylamine groups is 1. The molecule has 1 aromatic rings. The quantitative estimate of drug-likeness (QED) is 0.298. The summed E-state index contributed by atoms with van der Waals surface area (Å²) < 4.78 is 5.71. The van der Waals surface area contributed by atoms with Gasteiger partial charge in [0.15, 0.2) is 0 Å². The first-order valence-corrected chi connectivity index (χ1v) is 9.14. The Balaban J connectivity index is 1.54. The van der Waals surface area contributed by atoms with Crippen LogP contribution in [0.2, 0.25) is 0 Å². The standard InChI is InChI=1S/C19H25N3O4/c23-17(22-25)9-8-15-7-6-14(12-20-15)13-21-19(10-3-11-19)18(24)26-16-4-1-2-5-16/h6-9,12,16,21,25H,1-5,10-11,13H2,(H,22,23)/b9-8+. The minimum absolute atomic E-state index is 0.0885. The summed E-state index contributed by atoms with van der Waals surface area (Å²) in [6.45, 7) is 0.536. The van der Waals surface area contributed by atoms with Crippen LogP contribution in [0, 0.1) is 0 Å². The lowest BCUT2D eigenvalue weighted by Crippen LogP contribution is -2.58. The maximum absolute atomic E-state index is 12.6. The van der Waals surface area contributed by atoms with Gasteiger partial charge in [0.1, 0.15) is 11.6 Å². The Morgan fingerprint density at radius 2 is 2.04 bits per heavy atom. The molecular weight excluding hydrogens is 334 g/mol. The normalized spacial score (nSPS) is 19.3. The van der Waals surface area contributed by atoms with Crippen molar-refractivity contribution in [2.24, 2.45) is 0 Å². The molecule has 3 rings (SSSR count). The lowest BCUT2D eigenvalue weighted by Gasteiger charge is -2.40. The van der Waals surface area contributed by atoms with Gasteiger partial charge in [0.2, 0.25) is 0 Å². The van der Waals surface area contributed by atoms with Gasteiger partial charge in [0.25, 0.3) is 5.91 Å². The molecule has 1 heterocycles. The van der Waals surface area contributed by atoms with E-state index in [0.29, 0.717) is 12.2 Å². The number of nitrogens with zero attached hydrogens (tertiary/aromatic N) is 1. The van der Waals surface area contributed by atoms with E-state index in [1.165, 1.54) is 17.6 Å². The number of carbonyl (C=O) groups is 2. The molecular formula is C19H25N3O4. The highest BCUT2D eigenvalue weighted by molar-refractivity contribution is 5.90. The number of aromatic nitrogens is 1. The summed E-state index contributed by atoms with van der Waals surface area (Å²) in [4.78, 5) is 27.8. The topological polar surface area (TPSA) is 101 Å². The van der Waals surface area contributed by atoms with Crippen molar-refractivity contribution in [3.8, 4) is 0 Å². The minimum atomic E-state index is -0.606. The number of rotatable bonds is 7. The van der Waals surface area contributed by atoms with Crippen LogP contribution < -0.4 is 10.8 Å². The van der Waals surface area contributed by atoms with Crippen LogP contribution in [0.1, 0.15) is 56.2 Å². The van der Waals surface area contributed by atoms with Crippen LogP contribution in [-0.2, 0) is 20.9 Å². The minimum Gasteiger partial charge on any atom is -0.461 e. The van der Waals surface area contributed by atoms with Crippen LogP contribution in [0.3, 0.4) is 0 Å². The molecule has 2 aliphatic carbocycles. The third-order valence-corrected chi connectivity index (χ3v) is 5.17. The Kier molecular flexibility index (Phi) is 6.00. The Labute approximate surface area is 152 Å². The molecule has 7 heteroatoms. The molecule has 0 spiro atoms. The molecule has 0 aliphatic heterocycles. The van der Waals surface area contributed by atoms with E-state index >= 15 is 0 Å². The first-order valence-electron chi connectivity index (χ1n) is 9.14. The third-order valence-electron chi connectivity index (χ3n) is 5.17. The molecule has 26 heavy (non-hydrogen) atoms. The first kappa shape index (κ1) is 18.5. The van der Waals surface area contributed by atoms with Crippen LogP contribution in [0.4, 0.5) is 0 Å². The second kappa shape index (κ2) is 8.42. The molecule has 7 nitrogen and oxygen atoms in total. The van der Waals surface area contributed by atoms with E-state index < -0.39 is 11.4 Å². The van der Waals surface area contributed by atoms with Crippen molar-refractivity contribution in [1.82, 2.24) is 15.8 Å². The molecule has 3 N–H and O–H groups in total. The van der Waals surface area contributed by atoms with E-state index in [-0.39, 0.29) is 12.1 Å². The fraction of sp³-hybridized carbons (Fsp3) is 0.526. The van der Waals surface area contributed by atoms with Gasteiger partial charge in [-0.1, -0.05) is 6.07 Å². The van der Waals surface area contributed by atoms with Gasteiger partial charge in [-0.15, -0.1) is 0 Å². The van der Waals surface area contributed by atoms with Crippen molar-refractivity contribution in [2.75, 3.05) is 0 Å². The summed E-state index contributed by atoms with van der Waals surface area (Å²) >= 11 is 0. The Bertz CT molecular complexity index is 662. The van der Waals surface area contributed by atoms with Crippen molar-refractivity contribution in [3.05, 3.63) is 35.7 Å². The van der Waals surface area contributed by atoms with E-state index in [0.717, 1.165) is 50.5 Å². The van der Waals surface area contributed by atoms with Crippen molar-refractivity contribution in [2.45, 2.75) is 63.1 Å². The lowest BCUT2D eigenvalue weighted by atomic mass is 9.76. The fourth-order valence-electron chi connectivity index (χ4n) is 3.36. The second-order valence-electron chi connectivity index (χ2n) is 7.00. The van der Waals surface area contributed by atoms with Crippen molar-refractivity contribution >= 4 is 18.0 Å². The maximum Gasteiger partial charge on any atom is 0.326 e. The summed E-state index contributed by atoms with van der Waals surface area (Å²) in [5, 5.41) is 11.8. The van der Waals surface area contributed by atoms with E-state index in [1.54, 1.807) is 12.3 Å². The largest absolute Gasteiger partial charge is 0.461 e.